The van der Waals surface area contributed by atoms with E-state index in [-0.39, 0.29) is 57.7 Å². The Bertz CT molecular complexity index is 3520. The van der Waals surface area contributed by atoms with Gasteiger partial charge in [0.1, 0.15) is 13.2 Å². The van der Waals surface area contributed by atoms with Crippen LogP contribution in [0, 0.1) is 0 Å². The monoisotopic (exact) mass is 934 g/mol. The third-order valence-corrected chi connectivity index (χ3v) is 13.4. The molecule has 0 saturated heterocycles. The molecule has 4 heterocycles. The first-order chi connectivity index (χ1) is 31.5. The van der Waals surface area contributed by atoms with Crippen LogP contribution < -0.4 is 0 Å². The minimum absolute atomic E-state index is 0.00350. The van der Waals surface area contributed by atoms with Gasteiger partial charge in [-0.1, -0.05) is 72.8 Å². The standard InChI is InChI=1S/C48H24F6N2O8S2/c49-47(50,51)25-11-13-29-31(15-25)39(57)41(59)33(29)17-27-18-36-37(55(27)45(61)63-21-23-7-3-1-4-8-23)38-44(66-36)43-35(56(38)46(62)64-22-24-9-5-2-6-10-24)20-28(65-43)19-34-30-14-12-26(48(52,53)54)16-32(30)40(58)42(34)60/h1-20H,21-22H2/b33-17-,34-19-. The van der Waals surface area contributed by atoms with Crippen molar-refractivity contribution < 1.29 is 64.6 Å². The third kappa shape index (κ3) is 7.05. The summed E-state index contributed by atoms with van der Waals surface area (Å²) in [5.74, 6) is -4.40. The van der Waals surface area contributed by atoms with Crippen molar-refractivity contribution in [2.75, 3.05) is 0 Å². The second kappa shape index (κ2) is 15.5. The number of nitrogens with zero attached hydrogens (tertiary/aromatic N) is 2. The van der Waals surface area contributed by atoms with Gasteiger partial charge >= 0.3 is 24.5 Å². The summed E-state index contributed by atoms with van der Waals surface area (Å²) in [7, 11) is 0. The maximum absolute atomic E-state index is 14.4. The Balaban J connectivity index is 1.16. The first-order valence-corrected chi connectivity index (χ1v) is 21.2. The SMILES string of the molecule is O=C1C(=O)c2cc(C(F)(F)F)ccc2/C1=C/c1cc2c(s1)c1sc3cc(/C=C4\C(=O)C(=O)c5cc(C(F)(F)F)ccc54)n(C(=O)OCc4ccccc4)c3c1n2C(=O)OCc1ccccc1. The van der Waals surface area contributed by atoms with Gasteiger partial charge in [-0.05, 0) is 70.8 Å². The van der Waals surface area contributed by atoms with E-state index in [2.05, 4.69) is 0 Å². The normalized spacial score (nSPS) is 15.2. The minimum Gasteiger partial charge on any atom is -0.444 e. The zero-order chi connectivity index (χ0) is 46.4. The first-order valence-electron chi connectivity index (χ1n) is 19.6. The molecule has 10 nitrogen and oxygen atoms in total. The lowest BCUT2D eigenvalue weighted by Gasteiger charge is -2.11. The lowest BCUT2D eigenvalue weighted by Crippen LogP contribution is -2.17. The zero-order valence-electron chi connectivity index (χ0n) is 33.2. The lowest BCUT2D eigenvalue weighted by atomic mass is 10.0. The number of ether oxygens (including phenoxy) is 2. The van der Waals surface area contributed by atoms with Crippen LogP contribution in [0.5, 0.6) is 0 Å². The summed E-state index contributed by atoms with van der Waals surface area (Å²) >= 11 is 2.19. The maximum atomic E-state index is 14.4. The number of carbonyl (C=O) groups excluding carboxylic acids is 6. The van der Waals surface area contributed by atoms with Crippen molar-refractivity contribution in [2.24, 2.45) is 0 Å². The molecule has 0 spiro atoms. The Morgan fingerprint density at radius 3 is 1.55 bits per heavy atom. The Morgan fingerprint density at radius 1 is 0.530 bits per heavy atom. The number of fused-ring (bicyclic) bond motifs is 7. The fraction of sp³-hybridized carbons (Fsp3) is 0.0833. The number of halogens is 6. The number of carbonyl (C=O) groups is 6. The van der Waals surface area contributed by atoms with E-state index >= 15 is 0 Å². The molecule has 18 heteroatoms. The molecule has 2 aliphatic carbocycles. The quantitative estimate of drug-likeness (QED) is 0.0915. The molecule has 66 heavy (non-hydrogen) atoms. The average Bonchev–Trinajstić information content (AvgIpc) is 4.11. The molecular formula is C48H24F6N2O8S2. The van der Waals surface area contributed by atoms with Crippen LogP contribution in [0.4, 0.5) is 35.9 Å². The van der Waals surface area contributed by atoms with E-state index in [9.17, 15) is 55.1 Å². The number of hydrogen-bond acceptors (Lipinski definition) is 10. The van der Waals surface area contributed by atoms with Crippen molar-refractivity contribution in [2.45, 2.75) is 25.6 Å². The number of alkyl halides is 6. The molecule has 0 fully saturated rings. The van der Waals surface area contributed by atoms with Gasteiger partial charge in [0.05, 0.1) is 47.5 Å². The van der Waals surface area contributed by atoms with Crippen molar-refractivity contribution in [3.8, 4) is 0 Å². The van der Waals surface area contributed by atoms with Crippen LogP contribution in [0.3, 0.4) is 0 Å². The van der Waals surface area contributed by atoms with Crippen LogP contribution in [0.2, 0.25) is 0 Å². The highest BCUT2D eigenvalue weighted by atomic mass is 32.1. The smallest absolute Gasteiger partial charge is 0.419 e. The van der Waals surface area contributed by atoms with Gasteiger partial charge in [0.25, 0.3) is 0 Å². The van der Waals surface area contributed by atoms with Crippen LogP contribution in [0.25, 0.3) is 53.9 Å². The van der Waals surface area contributed by atoms with E-state index in [4.69, 9.17) is 9.47 Å². The second-order valence-electron chi connectivity index (χ2n) is 15.1. The van der Waals surface area contributed by atoms with Crippen molar-refractivity contribution in [1.29, 1.82) is 0 Å². The minimum atomic E-state index is -4.80. The Morgan fingerprint density at radius 2 is 1.03 bits per heavy atom. The maximum Gasteiger partial charge on any atom is 0.419 e. The Labute approximate surface area is 374 Å². The van der Waals surface area contributed by atoms with E-state index < -0.39 is 69.9 Å². The lowest BCUT2D eigenvalue weighted by molar-refractivity contribution is -0.138. The highest BCUT2D eigenvalue weighted by Gasteiger charge is 2.40. The summed E-state index contributed by atoms with van der Waals surface area (Å²) in [6, 6.07) is 25.2. The summed E-state index contributed by atoms with van der Waals surface area (Å²) in [6.07, 6.45) is -8.91. The number of thiophene rings is 2. The van der Waals surface area contributed by atoms with E-state index in [1.54, 1.807) is 60.7 Å². The first kappa shape index (κ1) is 42.3. The average molecular weight is 935 g/mol. The summed E-state index contributed by atoms with van der Waals surface area (Å²) < 4.78 is 96.6. The predicted molar refractivity (Wildman–Crippen MR) is 232 cm³/mol. The van der Waals surface area contributed by atoms with Gasteiger partial charge in [0.15, 0.2) is 0 Å². The molecule has 2 aliphatic rings. The van der Waals surface area contributed by atoms with Gasteiger partial charge in [-0.15, -0.1) is 22.7 Å². The molecule has 0 aliphatic heterocycles. The van der Waals surface area contributed by atoms with Gasteiger partial charge in [0.2, 0.25) is 23.1 Å². The van der Waals surface area contributed by atoms with Gasteiger partial charge in [0, 0.05) is 27.2 Å². The van der Waals surface area contributed by atoms with Crippen molar-refractivity contribution in [3.05, 3.63) is 164 Å². The van der Waals surface area contributed by atoms with Crippen molar-refractivity contribution >= 4 is 112 Å². The zero-order valence-corrected chi connectivity index (χ0v) is 34.8. The third-order valence-electron chi connectivity index (χ3n) is 11.1. The van der Waals surface area contributed by atoms with E-state index in [0.717, 1.165) is 51.5 Å². The van der Waals surface area contributed by atoms with Gasteiger partial charge < -0.3 is 9.47 Å². The number of hydrogen-bond donors (Lipinski definition) is 0. The molecule has 0 unspecified atom stereocenters. The number of aromatic nitrogens is 2. The predicted octanol–water partition coefficient (Wildman–Crippen LogP) is 11.9. The highest BCUT2D eigenvalue weighted by Crippen LogP contribution is 2.47. The molecular weight excluding hydrogens is 911 g/mol. The molecule has 4 aromatic heterocycles. The number of benzene rings is 4. The summed E-state index contributed by atoms with van der Waals surface area (Å²) in [6.45, 7) is -0.413. The summed E-state index contributed by atoms with van der Waals surface area (Å²) in [4.78, 5) is 81.8. The molecule has 0 bridgehead atoms. The largest absolute Gasteiger partial charge is 0.444 e. The van der Waals surface area contributed by atoms with Crippen LogP contribution in [-0.2, 0) is 44.6 Å². The molecule has 0 saturated carbocycles. The molecule has 0 atom stereocenters. The van der Waals surface area contributed by atoms with Crippen LogP contribution in [-0.4, -0.2) is 44.5 Å². The van der Waals surface area contributed by atoms with E-state index in [0.29, 0.717) is 42.2 Å². The summed E-state index contributed by atoms with van der Waals surface area (Å²) in [5.41, 5.74) is -1.90. The fourth-order valence-electron chi connectivity index (χ4n) is 8.01. The van der Waals surface area contributed by atoms with Gasteiger partial charge in [-0.25, -0.2) is 18.7 Å². The molecule has 10 rings (SSSR count). The topological polar surface area (TPSA) is 131 Å². The summed E-state index contributed by atoms with van der Waals surface area (Å²) in [5, 5.41) is 0. The molecule has 0 N–H and O–H groups in total. The Kier molecular flexibility index (Phi) is 9.92. The molecule has 8 aromatic rings. The van der Waals surface area contributed by atoms with Crippen LogP contribution in [0.1, 0.15) is 64.7 Å². The van der Waals surface area contributed by atoms with E-state index in [1.807, 2.05) is 0 Å². The highest BCUT2D eigenvalue weighted by molar-refractivity contribution is 7.31. The van der Waals surface area contributed by atoms with Gasteiger partial charge in [-0.2, -0.15) is 26.3 Å². The fourth-order valence-corrected chi connectivity index (χ4v) is 10.5. The van der Waals surface area contributed by atoms with Gasteiger partial charge in [-0.3, -0.25) is 19.2 Å². The second-order valence-corrected chi connectivity index (χ2v) is 17.3. The Hall–Kier alpha value is -7.70. The van der Waals surface area contributed by atoms with Crippen LogP contribution >= 0.6 is 22.7 Å². The van der Waals surface area contributed by atoms with Crippen molar-refractivity contribution in [3.63, 3.8) is 0 Å². The molecule has 0 amide bonds. The molecule has 328 valence electrons. The molecule has 4 aromatic carbocycles. The number of rotatable bonds is 6. The number of ketones is 4. The van der Waals surface area contributed by atoms with E-state index in [1.165, 1.54) is 28.9 Å². The number of allylic oxidation sites excluding steroid dienone is 2. The van der Waals surface area contributed by atoms with Crippen molar-refractivity contribution in [1.82, 2.24) is 9.13 Å². The van der Waals surface area contributed by atoms with Crippen LogP contribution in [0.15, 0.2) is 109 Å². The number of Topliss-reactive ketones (excluding diaryl/α,β-unsaturated/α-hetero) is 4. The molecule has 0 radical (unpaired) electrons.